The number of hydrogen-bond donors (Lipinski definition) is 3. The fraction of sp³-hybridized carbons (Fsp3) is 0.600. The summed E-state index contributed by atoms with van der Waals surface area (Å²) in [5.74, 6) is -0.305. The molecule has 0 bridgehead atoms. The van der Waals surface area contributed by atoms with Crippen molar-refractivity contribution in [3.05, 3.63) is 11.8 Å². The lowest BCUT2D eigenvalue weighted by Gasteiger charge is -2.23. The second kappa shape index (κ2) is 4.52. The molecular formula is C10H16N4O2. The van der Waals surface area contributed by atoms with Crippen molar-refractivity contribution in [1.82, 2.24) is 20.4 Å². The van der Waals surface area contributed by atoms with Crippen molar-refractivity contribution in [3.8, 4) is 5.88 Å². The molecule has 0 spiro atoms. The molecule has 0 aromatic carbocycles. The zero-order chi connectivity index (χ0) is 11.5. The van der Waals surface area contributed by atoms with Gasteiger partial charge in [-0.25, -0.2) is 0 Å². The Labute approximate surface area is 93.6 Å². The second-order valence-electron chi connectivity index (χ2n) is 4.01. The number of aromatic nitrogens is 2. The van der Waals surface area contributed by atoms with Crippen LogP contribution >= 0.6 is 0 Å². The van der Waals surface area contributed by atoms with Crippen LogP contribution in [0.25, 0.3) is 0 Å². The maximum Gasteiger partial charge on any atom is 0.269 e. The second-order valence-corrected chi connectivity index (χ2v) is 4.01. The number of carbonyl (C=O) groups excluding carboxylic acids is 1. The van der Waals surface area contributed by atoms with Crippen LogP contribution in [-0.2, 0) is 7.05 Å². The summed E-state index contributed by atoms with van der Waals surface area (Å²) in [6, 6.07) is 1.59. The minimum atomic E-state index is -0.179. The third kappa shape index (κ3) is 2.33. The molecule has 1 saturated heterocycles. The molecule has 1 amide bonds. The molecule has 6 heteroatoms. The van der Waals surface area contributed by atoms with Crippen LogP contribution in [0.1, 0.15) is 23.3 Å². The summed E-state index contributed by atoms with van der Waals surface area (Å²) in [6.45, 7) is 1.86. The van der Waals surface area contributed by atoms with E-state index >= 15 is 0 Å². The summed E-state index contributed by atoms with van der Waals surface area (Å²) >= 11 is 0. The van der Waals surface area contributed by atoms with Gasteiger partial charge in [-0.05, 0) is 25.9 Å². The Morgan fingerprint density at radius 3 is 2.88 bits per heavy atom. The smallest absolute Gasteiger partial charge is 0.269 e. The number of piperidine rings is 1. The molecule has 88 valence electrons. The number of amides is 1. The van der Waals surface area contributed by atoms with Crippen LogP contribution in [0.4, 0.5) is 0 Å². The number of aryl methyl sites for hydroxylation is 1. The number of hydrogen-bond acceptors (Lipinski definition) is 4. The molecule has 3 N–H and O–H groups in total. The van der Waals surface area contributed by atoms with Crippen molar-refractivity contribution in [1.29, 1.82) is 0 Å². The lowest BCUT2D eigenvalue weighted by Crippen LogP contribution is -2.43. The normalized spacial score (nSPS) is 17.3. The van der Waals surface area contributed by atoms with Gasteiger partial charge < -0.3 is 15.7 Å². The molecule has 2 heterocycles. The molecule has 1 fully saturated rings. The van der Waals surface area contributed by atoms with Gasteiger partial charge in [-0.3, -0.25) is 9.48 Å². The Morgan fingerprint density at radius 2 is 2.31 bits per heavy atom. The van der Waals surface area contributed by atoms with Crippen LogP contribution in [0.2, 0.25) is 0 Å². The van der Waals surface area contributed by atoms with Gasteiger partial charge in [0.25, 0.3) is 5.91 Å². The average Bonchev–Trinajstić information content (AvgIpc) is 2.59. The molecule has 0 radical (unpaired) electrons. The summed E-state index contributed by atoms with van der Waals surface area (Å²) in [4.78, 5) is 11.8. The number of aromatic hydroxyl groups is 1. The number of carbonyl (C=O) groups is 1. The standard InChI is InChI=1S/C10H16N4O2/c1-14-8(6-9(15)13-14)10(16)12-7-2-4-11-5-3-7/h6-7,11H,2-5H2,1H3,(H,12,16)(H,13,15). The van der Waals surface area contributed by atoms with Gasteiger partial charge in [-0.1, -0.05) is 0 Å². The molecule has 6 nitrogen and oxygen atoms in total. The van der Waals surface area contributed by atoms with Gasteiger partial charge in [0.2, 0.25) is 5.88 Å². The molecule has 0 aliphatic carbocycles. The zero-order valence-electron chi connectivity index (χ0n) is 9.23. The lowest BCUT2D eigenvalue weighted by atomic mass is 10.1. The first-order chi connectivity index (χ1) is 7.66. The van der Waals surface area contributed by atoms with Crippen molar-refractivity contribution in [2.75, 3.05) is 13.1 Å². The van der Waals surface area contributed by atoms with Gasteiger partial charge in [-0.15, -0.1) is 5.10 Å². The zero-order valence-corrected chi connectivity index (χ0v) is 9.23. The van der Waals surface area contributed by atoms with E-state index in [1.807, 2.05) is 0 Å². The van der Waals surface area contributed by atoms with Gasteiger partial charge in [-0.2, -0.15) is 0 Å². The van der Waals surface area contributed by atoms with E-state index in [0.29, 0.717) is 5.69 Å². The maximum atomic E-state index is 11.8. The first kappa shape index (κ1) is 10.9. The quantitative estimate of drug-likeness (QED) is 0.639. The SMILES string of the molecule is Cn1nc(O)cc1C(=O)NC1CCNCC1. The summed E-state index contributed by atoms with van der Waals surface area (Å²) < 4.78 is 1.38. The summed E-state index contributed by atoms with van der Waals surface area (Å²) in [6.07, 6.45) is 1.88. The van der Waals surface area contributed by atoms with Crippen LogP contribution in [-0.4, -0.2) is 39.9 Å². The third-order valence-electron chi connectivity index (χ3n) is 2.77. The van der Waals surface area contributed by atoms with Crippen LogP contribution in [0.3, 0.4) is 0 Å². The van der Waals surface area contributed by atoms with Gasteiger partial charge in [0, 0.05) is 19.2 Å². The first-order valence-corrected chi connectivity index (χ1v) is 5.41. The first-order valence-electron chi connectivity index (χ1n) is 5.41. The van der Waals surface area contributed by atoms with Crippen LogP contribution in [0.15, 0.2) is 6.07 Å². The topological polar surface area (TPSA) is 79.2 Å². The molecule has 1 aliphatic heterocycles. The van der Waals surface area contributed by atoms with E-state index in [1.165, 1.54) is 10.7 Å². The van der Waals surface area contributed by atoms with E-state index in [2.05, 4.69) is 15.7 Å². The molecule has 0 unspecified atom stereocenters. The molecule has 1 aromatic rings. The minimum absolute atomic E-state index is 0.127. The van der Waals surface area contributed by atoms with Gasteiger partial charge in [0.05, 0.1) is 0 Å². The van der Waals surface area contributed by atoms with Crippen molar-refractivity contribution >= 4 is 5.91 Å². The molecule has 1 aliphatic rings. The van der Waals surface area contributed by atoms with Gasteiger partial charge in [0.1, 0.15) is 5.69 Å². The van der Waals surface area contributed by atoms with E-state index in [1.54, 1.807) is 7.05 Å². The number of rotatable bonds is 2. The molecule has 0 atom stereocenters. The predicted octanol–water partition coefficient (Wildman–Crippen LogP) is -0.393. The molecule has 16 heavy (non-hydrogen) atoms. The van der Waals surface area contributed by atoms with Crippen molar-refractivity contribution < 1.29 is 9.90 Å². The fourth-order valence-electron chi connectivity index (χ4n) is 1.89. The lowest BCUT2D eigenvalue weighted by molar-refractivity contribution is 0.0920. The summed E-state index contributed by atoms with van der Waals surface area (Å²) in [7, 11) is 1.64. The highest BCUT2D eigenvalue weighted by molar-refractivity contribution is 5.93. The van der Waals surface area contributed by atoms with Crippen molar-refractivity contribution in [2.45, 2.75) is 18.9 Å². The highest BCUT2D eigenvalue weighted by atomic mass is 16.3. The summed E-state index contributed by atoms with van der Waals surface area (Å²) in [5, 5.41) is 19.1. The Hall–Kier alpha value is -1.56. The third-order valence-corrected chi connectivity index (χ3v) is 2.77. The van der Waals surface area contributed by atoms with E-state index in [-0.39, 0.29) is 17.8 Å². The van der Waals surface area contributed by atoms with Crippen molar-refractivity contribution in [3.63, 3.8) is 0 Å². The Balaban J connectivity index is 1.99. The Bertz CT molecular complexity index is 382. The Morgan fingerprint density at radius 1 is 1.62 bits per heavy atom. The molecule has 1 aromatic heterocycles. The average molecular weight is 224 g/mol. The van der Waals surface area contributed by atoms with E-state index in [9.17, 15) is 4.79 Å². The summed E-state index contributed by atoms with van der Waals surface area (Å²) in [5.41, 5.74) is 0.385. The number of nitrogens with zero attached hydrogens (tertiary/aromatic N) is 2. The maximum absolute atomic E-state index is 11.8. The van der Waals surface area contributed by atoms with Crippen LogP contribution in [0, 0.1) is 0 Å². The van der Waals surface area contributed by atoms with Gasteiger partial charge in [0.15, 0.2) is 0 Å². The highest BCUT2D eigenvalue weighted by Gasteiger charge is 2.19. The van der Waals surface area contributed by atoms with Gasteiger partial charge >= 0.3 is 0 Å². The van der Waals surface area contributed by atoms with Crippen LogP contribution in [0.5, 0.6) is 5.88 Å². The predicted molar refractivity (Wildman–Crippen MR) is 58.2 cm³/mol. The highest BCUT2D eigenvalue weighted by Crippen LogP contribution is 2.10. The molecular weight excluding hydrogens is 208 g/mol. The number of nitrogens with one attached hydrogen (secondary N) is 2. The largest absolute Gasteiger partial charge is 0.492 e. The Kier molecular flexibility index (Phi) is 3.09. The van der Waals surface area contributed by atoms with Crippen molar-refractivity contribution in [2.24, 2.45) is 7.05 Å². The van der Waals surface area contributed by atoms with E-state index in [0.717, 1.165) is 25.9 Å². The monoisotopic (exact) mass is 224 g/mol. The van der Waals surface area contributed by atoms with E-state index in [4.69, 9.17) is 5.11 Å². The van der Waals surface area contributed by atoms with E-state index < -0.39 is 0 Å². The minimum Gasteiger partial charge on any atom is -0.492 e. The van der Waals surface area contributed by atoms with Crippen LogP contribution < -0.4 is 10.6 Å². The fourth-order valence-corrected chi connectivity index (χ4v) is 1.89. The molecule has 0 saturated carbocycles. The molecule has 2 rings (SSSR count).